The standard InChI is InChI=1S/C77H132O5/c1-3-5-7-9-11-13-15-17-19-21-23-25-27-29-31-33-35-37-38-40-42-44-46-48-50-52-54-56-58-60-62-64-66-68-70-72-77(80)82-75(73-78)74-81-76(79)71-69-67-65-63-61-59-57-55-53-51-49-47-45-43-41-39-36-34-32-30-28-26-24-22-20-18-16-14-12-10-8-6-4-2/h5,7,11,13,16-19,22-25,29,31,35,37,40,42,46,48,75,78H,3-4,6,8-10,12,14-15,20-21,26-28,30,32-34,36,38-39,41,43-45,47,49-74H2,1-2H3/b7-5-,13-11-,18-16-,19-17-,24-22-,25-23-,31-29-,37-35-,42-40-,48-46-. The van der Waals surface area contributed by atoms with Crippen LogP contribution in [0.2, 0.25) is 0 Å². The van der Waals surface area contributed by atoms with Crippen molar-refractivity contribution >= 4 is 11.9 Å². The molecule has 470 valence electrons. The Morgan fingerprint density at radius 2 is 0.524 bits per heavy atom. The van der Waals surface area contributed by atoms with Crippen LogP contribution in [0.3, 0.4) is 0 Å². The summed E-state index contributed by atoms with van der Waals surface area (Å²) in [6.45, 7) is 4.04. The molecule has 0 heterocycles. The monoisotopic (exact) mass is 1140 g/mol. The summed E-state index contributed by atoms with van der Waals surface area (Å²) in [5.74, 6) is -0.588. The fourth-order valence-electron chi connectivity index (χ4n) is 10.0. The molecule has 5 nitrogen and oxygen atoms in total. The molecule has 0 bridgehead atoms. The highest BCUT2D eigenvalue weighted by atomic mass is 16.6. The summed E-state index contributed by atoms with van der Waals surface area (Å²) in [6, 6.07) is 0. The zero-order valence-electron chi connectivity index (χ0n) is 54.0. The first-order chi connectivity index (χ1) is 40.6. The summed E-state index contributed by atoms with van der Waals surface area (Å²) >= 11 is 0. The van der Waals surface area contributed by atoms with Gasteiger partial charge in [0.05, 0.1) is 6.61 Å². The number of ether oxygens (including phenoxy) is 2. The molecule has 0 aromatic heterocycles. The summed E-state index contributed by atoms with van der Waals surface area (Å²) in [7, 11) is 0. The highest BCUT2D eigenvalue weighted by Crippen LogP contribution is 2.17. The fourth-order valence-corrected chi connectivity index (χ4v) is 10.0. The van der Waals surface area contributed by atoms with Gasteiger partial charge in [-0.05, 0) is 109 Å². The van der Waals surface area contributed by atoms with Gasteiger partial charge in [0, 0.05) is 12.8 Å². The minimum atomic E-state index is -0.782. The molecule has 0 saturated carbocycles. The molecule has 0 spiro atoms. The van der Waals surface area contributed by atoms with Gasteiger partial charge in [-0.3, -0.25) is 9.59 Å². The summed E-state index contributed by atoms with van der Waals surface area (Å²) in [5, 5.41) is 9.71. The lowest BCUT2D eigenvalue weighted by Gasteiger charge is -2.15. The number of hydrogen-bond donors (Lipinski definition) is 1. The summed E-state index contributed by atoms with van der Waals surface area (Å²) in [6.07, 6.45) is 105. The summed E-state index contributed by atoms with van der Waals surface area (Å²) < 4.78 is 10.8. The predicted octanol–water partition coefficient (Wildman–Crippen LogP) is 24.5. The van der Waals surface area contributed by atoms with Gasteiger partial charge in [-0.1, -0.05) is 334 Å². The number of aliphatic hydroxyl groups excluding tert-OH is 1. The summed E-state index contributed by atoms with van der Waals surface area (Å²) in [4.78, 5) is 24.7. The molecule has 0 aliphatic rings. The Morgan fingerprint density at radius 1 is 0.293 bits per heavy atom. The van der Waals surface area contributed by atoms with Gasteiger partial charge in [0.15, 0.2) is 6.10 Å². The summed E-state index contributed by atoms with van der Waals surface area (Å²) in [5.41, 5.74) is 0. The zero-order chi connectivity index (χ0) is 59.1. The molecule has 82 heavy (non-hydrogen) atoms. The van der Waals surface area contributed by atoms with Crippen LogP contribution in [0.1, 0.15) is 335 Å². The van der Waals surface area contributed by atoms with E-state index < -0.39 is 6.10 Å². The van der Waals surface area contributed by atoms with E-state index in [2.05, 4.69) is 135 Å². The Hall–Kier alpha value is -3.70. The molecule has 0 amide bonds. The van der Waals surface area contributed by atoms with Crippen LogP contribution in [-0.4, -0.2) is 36.4 Å². The fraction of sp³-hybridized carbons (Fsp3) is 0.714. The first kappa shape index (κ1) is 78.3. The number of hydrogen-bond acceptors (Lipinski definition) is 5. The Morgan fingerprint density at radius 3 is 0.793 bits per heavy atom. The molecule has 0 aromatic rings. The number of allylic oxidation sites excluding steroid dienone is 20. The van der Waals surface area contributed by atoms with Gasteiger partial charge in [0.25, 0.3) is 0 Å². The van der Waals surface area contributed by atoms with E-state index in [-0.39, 0.29) is 25.2 Å². The van der Waals surface area contributed by atoms with Crippen LogP contribution in [-0.2, 0) is 19.1 Å². The second-order valence-electron chi connectivity index (χ2n) is 23.2. The quantitative estimate of drug-likeness (QED) is 0.0373. The zero-order valence-corrected chi connectivity index (χ0v) is 54.0. The second kappa shape index (κ2) is 71.6. The third-order valence-corrected chi connectivity index (χ3v) is 15.2. The Bertz CT molecular complexity index is 1620. The lowest BCUT2D eigenvalue weighted by molar-refractivity contribution is -0.161. The van der Waals surface area contributed by atoms with Crippen molar-refractivity contribution in [1.82, 2.24) is 0 Å². The molecule has 1 atom stereocenters. The molecule has 0 saturated heterocycles. The van der Waals surface area contributed by atoms with Crippen LogP contribution in [0.15, 0.2) is 122 Å². The van der Waals surface area contributed by atoms with Crippen LogP contribution in [0.4, 0.5) is 0 Å². The molecule has 1 N–H and O–H groups in total. The van der Waals surface area contributed by atoms with Gasteiger partial charge in [-0.25, -0.2) is 0 Å². The van der Waals surface area contributed by atoms with E-state index in [1.54, 1.807) is 0 Å². The van der Waals surface area contributed by atoms with Crippen molar-refractivity contribution in [1.29, 1.82) is 0 Å². The molecular formula is C77H132O5. The topological polar surface area (TPSA) is 72.8 Å². The van der Waals surface area contributed by atoms with Gasteiger partial charge in [-0.2, -0.15) is 0 Å². The number of rotatable bonds is 64. The normalized spacial score (nSPS) is 13.0. The number of aliphatic hydroxyl groups is 1. The molecule has 1 unspecified atom stereocenters. The van der Waals surface area contributed by atoms with Crippen molar-refractivity contribution in [3.63, 3.8) is 0 Å². The van der Waals surface area contributed by atoms with E-state index in [0.717, 1.165) is 96.3 Å². The van der Waals surface area contributed by atoms with Crippen molar-refractivity contribution in [2.24, 2.45) is 0 Å². The SMILES string of the molecule is CC/C=C\C/C=C\C/C=C\C/C=C\C/C=C\C/C=C\C/C=C\C/C=C\CCCCCCCCCCCCC(=O)OC(CO)COC(=O)CCCCCCCCCCCCCCCCCCCCCCC/C=C\C/C=C\CCCCCCC. The first-order valence-corrected chi connectivity index (χ1v) is 35.1. The molecule has 0 radical (unpaired) electrons. The average Bonchev–Trinajstić information content (AvgIpc) is 3.49. The lowest BCUT2D eigenvalue weighted by Crippen LogP contribution is -2.28. The van der Waals surface area contributed by atoms with Crippen LogP contribution < -0.4 is 0 Å². The van der Waals surface area contributed by atoms with Crippen molar-refractivity contribution < 1.29 is 24.2 Å². The van der Waals surface area contributed by atoms with Crippen LogP contribution in [0.5, 0.6) is 0 Å². The Labute approximate surface area is 509 Å². The molecule has 0 aliphatic carbocycles. The van der Waals surface area contributed by atoms with E-state index in [1.165, 1.54) is 212 Å². The molecular weight excluding hydrogens is 1000 g/mol. The maximum atomic E-state index is 12.4. The van der Waals surface area contributed by atoms with E-state index in [9.17, 15) is 14.7 Å². The smallest absolute Gasteiger partial charge is 0.306 e. The Balaban J connectivity index is 3.49. The van der Waals surface area contributed by atoms with Crippen molar-refractivity contribution in [3.05, 3.63) is 122 Å². The highest BCUT2D eigenvalue weighted by molar-refractivity contribution is 5.70. The number of carbonyl (C=O) groups excluding carboxylic acids is 2. The van der Waals surface area contributed by atoms with Crippen LogP contribution in [0, 0.1) is 0 Å². The molecule has 0 aromatic carbocycles. The largest absolute Gasteiger partial charge is 0.462 e. The highest BCUT2D eigenvalue weighted by Gasteiger charge is 2.16. The molecule has 5 heteroatoms. The third-order valence-electron chi connectivity index (χ3n) is 15.2. The third kappa shape index (κ3) is 68.8. The van der Waals surface area contributed by atoms with Gasteiger partial charge in [0.1, 0.15) is 6.61 Å². The number of esters is 2. The van der Waals surface area contributed by atoms with Gasteiger partial charge in [0.2, 0.25) is 0 Å². The molecule has 0 fully saturated rings. The van der Waals surface area contributed by atoms with E-state index in [0.29, 0.717) is 12.8 Å². The maximum absolute atomic E-state index is 12.4. The van der Waals surface area contributed by atoms with Gasteiger partial charge in [-0.15, -0.1) is 0 Å². The van der Waals surface area contributed by atoms with Crippen LogP contribution in [0.25, 0.3) is 0 Å². The van der Waals surface area contributed by atoms with E-state index in [4.69, 9.17) is 9.47 Å². The lowest BCUT2D eigenvalue weighted by atomic mass is 10.0. The first-order valence-electron chi connectivity index (χ1n) is 35.1. The van der Waals surface area contributed by atoms with Crippen LogP contribution >= 0.6 is 0 Å². The predicted molar refractivity (Wildman–Crippen MR) is 362 cm³/mol. The second-order valence-corrected chi connectivity index (χ2v) is 23.2. The van der Waals surface area contributed by atoms with Gasteiger partial charge >= 0.3 is 11.9 Å². The maximum Gasteiger partial charge on any atom is 0.306 e. The van der Waals surface area contributed by atoms with E-state index >= 15 is 0 Å². The van der Waals surface area contributed by atoms with E-state index in [1.807, 2.05) is 0 Å². The Kier molecular flexibility index (Phi) is 68.3. The minimum Gasteiger partial charge on any atom is -0.462 e. The van der Waals surface area contributed by atoms with Crippen molar-refractivity contribution in [3.8, 4) is 0 Å². The molecule has 0 rings (SSSR count). The van der Waals surface area contributed by atoms with Gasteiger partial charge < -0.3 is 14.6 Å². The average molecular weight is 1140 g/mol. The number of carbonyl (C=O) groups is 2. The minimum absolute atomic E-state index is 0.0700. The number of unbranched alkanes of at least 4 members (excludes halogenated alkanes) is 36. The van der Waals surface area contributed by atoms with Crippen molar-refractivity contribution in [2.75, 3.05) is 13.2 Å². The molecule has 0 aliphatic heterocycles. The van der Waals surface area contributed by atoms with Crippen molar-refractivity contribution in [2.45, 2.75) is 341 Å².